The summed E-state index contributed by atoms with van der Waals surface area (Å²) in [5, 5.41) is 2.18. The number of fused-ring (bicyclic) bond motifs is 1. The normalized spacial score (nSPS) is 12.9. The van der Waals surface area contributed by atoms with E-state index >= 15 is 0 Å². The number of ether oxygens (including phenoxy) is 1. The lowest BCUT2D eigenvalue weighted by atomic mass is 10.1. The summed E-state index contributed by atoms with van der Waals surface area (Å²) in [6, 6.07) is 11.8. The number of rotatable bonds is 9. The third-order valence-corrected chi connectivity index (χ3v) is 6.90. The molecule has 2 aromatic carbocycles. The molecule has 0 saturated carbocycles. The zero-order valence-corrected chi connectivity index (χ0v) is 18.1. The van der Waals surface area contributed by atoms with Gasteiger partial charge in [0.2, 0.25) is 5.91 Å². The molecule has 0 aliphatic heterocycles. The first-order chi connectivity index (χ1) is 13.1. The SMILES string of the molecule is CCS(=O)(=O)CC(C)N(C)CC(=O)N(C)Cc1ccc2cc(OC)ccc2c1. The summed E-state index contributed by atoms with van der Waals surface area (Å²) < 4.78 is 28.8. The predicted molar refractivity (Wildman–Crippen MR) is 113 cm³/mol. The van der Waals surface area contributed by atoms with Gasteiger partial charge in [0.15, 0.2) is 9.84 Å². The van der Waals surface area contributed by atoms with E-state index in [4.69, 9.17) is 4.74 Å². The van der Waals surface area contributed by atoms with E-state index in [1.54, 1.807) is 37.9 Å². The first-order valence-electron chi connectivity index (χ1n) is 9.36. The molecule has 0 N–H and O–H groups in total. The fourth-order valence-corrected chi connectivity index (χ4v) is 4.19. The van der Waals surface area contributed by atoms with Crippen LogP contribution >= 0.6 is 0 Å². The van der Waals surface area contributed by atoms with E-state index in [1.807, 2.05) is 37.3 Å². The van der Waals surface area contributed by atoms with E-state index in [2.05, 4.69) is 6.07 Å². The standard InChI is InChI=1S/C21H30N2O4S/c1-6-28(25,26)15-16(2)22(3)14-21(24)23(4)13-17-7-8-19-12-20(27-5)10-9-18(19)11-17/h7-12,16H,6,13-15H2,1-5H3. The minimum absolute atomic E-state index is 0.0434. The molecule has 2 rings (SSSR count). The Morgan fingerprint density at radius 1 is 1.11 bits per heavy atom. The second-order valence-corrected chi connectivity index (χ2v) is 9.66. The number of methoxy groups -OCH3 is 1. The summed E-state index contributed by atoms with van der Waals surface area (Å²) in [5.41, 5.74) is 1.04. The van der Waals surface area contributed by atoms with Crippen molar-refractivity contribution in [3.8, 4) is 5.75 Å². The molecule has 7 heteroatoms. The van der Waals surface area contributed by atoms with E-state index in [1.165, 1.54) is 0 Å². The Bertz CT molecular complexity index is 927. The van der Waals surface area contributed by atoms with E-state index in [-0.39, 0.29) is 30.0 Å². The maximum Gasteiger partial charge on any atom is 0.236 e. The summed E-state index contributed by atoms with van der Waals surface area (Å²) in [6.45, 7) is 4.15. The number of nitrogens with zero attached hydrogens (tertiary/aromatic N) is 2. The van der Waals surface area contributed by atoms with Gasteiger partial charge in [0, 0.05) is 25.4 Å². The number of benzene rings is 2. The summed E-state index contributed by atoms with van der Waals surface area (Å²) in [5.74, 6) is 0.950. The monoisotopic (exact) mass is 406 g/mol. The van der Waals surface area contributed by atoms with Gasteiger partial charge in [-0.3, -0.25) is 9.69 Å². The van der Waals surface area contributed by atoms with Gasteiger partial charge in [-0.1, -0.05) is 25.1 Å². The minimum atomic E-state index is -3.07. The van der Waals surface area contributed by atoms with Crippen LogP contribution in [0.4, 0.5) is 0 Å². The number of sulfone groups is 1. The Kier molecular flexibility index (Phi) is 7.43. The molecule has 0 spiro atoms. The molecule has 154 valence electrons. The van der Waals surface area contributed by atoms with Crippen molar-refractivity contribution in [2.75, 3.05) is 39.3 Å². The van der Waals surface area contributed by atoms with Crippen molar-refractivity contribution in [2.45, 2.75) is 26.4 Å². The first kappa shape index (κ1) is 22.2. The van der Waals surface area contributed by atoms with Crippen LogP contribution in [0.15, 0.2) is 36.4 Å². The summed E-state index contributed by atoms with van der Waals surface area (Å²) in [7, 11) is 2.12. The van der Waals surface area contributed by atoms with Crippen molar-refractivity contribution in [3.05, 3.63) is 42.0 Å². The average Bonchev–Trinajstić information content (AvgIpc) is 2.66. The van der Waals surface area contributed by atoms with Gasteiger partial charge in [-0.25, -0.2) is 8.42 Å². The van der Waals surface area contributed by atoms with Crippen LogP contribution in [0.5, 0.6) is 5.75 Å². The van der Waals surface area contributed by atoms with Crippen molar-refractivity contribution in [2.24, 2.45) is 0 Å². The molecule has 0 aliphatic carbocycles. The third kappa shape index (κ3) is 5.94. The van der Waals surface area contributed by atoms with E-state index < -0.39 is 9.84 Å². The molecule has 2 aromatic rings. The maximum atomic E-state index is 12.6. The number of amides is 1. The minimum Gasteiger partial charge on any atom is -0.497 e. The highest BCUT2D eigenvalue weighted by Gasteiger charge is 2.20. The first-order valence-corrected chi connectivity index (χ1v) is 11.2. The number of carbonyl (C=O) groups is 1. The highest BCUT2D eigenvalue weighted by atomic mass is 32.2. The van der Waals surface area contributed by atoms with E-state index in [0.717, 1.165) is 22.1 Å². The third-order valence-electron chi connectivity index (χ3n) is 5.03. The van der Waals surface area contributed by atoms with Crippen LogP contribution in [0.1, 0.15) is 19.4 Å². The average molecular weight is 407 g/mol. The van der Waals surface area contributed by atoms with Crippen LogP contribution in [0.2, 0.25) is 0 Å². The van der Waals surface area contributed by atoms with Crippen molar-refractivity contribution < 1.29 is 17.9 Å². The molecule has 1 atom stereocenters. The maximum absolute atomic E-state index is 12.6. The zero-order chi connectivity index (χ0) is 20.9. The molecular formula is C21H30N2O4S. The topological polar surface area (TPSA) is 66.9 Å². The van der Waals surface area contributed by atoms with Gasteiger partial charge in [0.1, 0.15) is 5.75 Å². The second kappa shape index (κ2) is 9.39. The van der Waals surface area contributed by atoms with Crippen LogP contribution in [0.3, 0.4) is 0 Å². The van der Waals surface area contributed by atoms with Gasteiger partial charge in [-0.2, -0.15) is 0 Å². The van der Waals surface area contributed by atoms with Gasteiger partial charge in [0.25, 0.3) is 0 Å². The zero-order valence-electron chi connectivity index (χ0n) is 17.3. The van der Waals surface area contributed by atoms with Crippen LogP contribution < -0.4 is 4.74 Å². The van der Waals surface area contributed by atoms with E-state index in [0.29, 0.717) is 6.54 Å². The largest absolute Gasteiger partial charge is 0.497 e. The summed E-state index contributed by atoms with van der Waals surface area (Å²) in [6.07, 6.45) is 0. The molecule has 28 heavy (non-hydrogen) atoms. The van der Waals surface area contributed by atoms with Crippen LogP contribution in [0, 0.1) is 0 Å². The Hall–Kier alpha value is -2.12. The van der Waals surface area contributed by atoms with Gasteiger partial charge in [-0.05, 0) is 48.5 Å². The van der Waals surface area contributed by atoms with Crippen molar-refractivity contribution in [1.29, 1.82) is 0 Å². The Morgan fingerprint density at radius 2 is 1.75 bits per heavy atom. The molecule has 1 unspecified atom stereocenters. The number of likely N-dealkylation sites (N-methyl/N-ethyl adjacent to an activating group) is 2. The molecule has 0 heterocycles. The van der Waals surface area contributed by atoms with Crippen molar-refractivity contribution in [1.82, 2.24) is 9.80 Å². The predicted octanol–water partition coefficient (Wildman–Crippen LogP) is 2.56. The molecule has 0 fully saturated rings. The summed E-state index contributed by atoms with van der Waals surface area (Å²) >= 11 is 0. The molecular weight excluding hydrogens is 376 g/mol. The molecule has 0 radical (unpaired) electrons. The highest BCUT2D eigenvalue weighted by molar-refractivity contribution is 7.91. The van der Waals surface area contributed by atoms with Crippen molar-refractivity contribution in [3.63, 3.8) is 0 Å². The molecule has 0 aromatic heterocycles. The van der Waals surface area contributed by atoms with Gasteiger partial charge in [0.05, 0.1) is 19.4 Å². The lowest BCUT2D eigenvalue weighted by molar-refractivity contribution is -0.131. The summed E-state index contributed by atoms with van der Waals surface area (Å²) in [4.78, 5) is 16.0. The van der Waals surface area contributed by atoms with Crippen molar-refractivity contribution >= 4 is 26.5 Å². The Labute approximate surface area is 168 Å². The van der Waals surface area contributed by atoms with Gasteiger partial charge >= 0.3 is 0 Å². The Morgan fingerprint density at radius 3 is 2.39 bits per heavy atom. The fraction of sp³-hybridized carbons (Fsp3) is 0.476. The lowest BCUT2D eigenvalue weighted by Crippen LogP contribution is -2.42. The number of hydrogen-bond acceptors (Lipinski definition) is 5. The highest BCUT2D eigenvalue weighted by Crippen LogP contribution is 2.22. The second-order valence-electron chi connectivity index (χ2n) is 7.26. The van der Waals surface area contributed by atoms with Gasteiger partial charge in [-0.15, -0.1) is 0 Å². The van der Waals surface area contributed by atoms with Crippen LogP contribution in [-0.2, 0) is 21.2 Å². The molecule has 1 amide bonds. The number of hydrogen-bond donors (Lipinski definition) is 0. The van der Waals surface area contributed by atoms with Crippen LogP contribution in [-0.4, -0.2) is 69.4 Å². The smallest absolute Gasteiger partial charge is 0.236 e. The van der Waals surface area contributed by atoms with Gasteiger partial charge < -0.3 is 9.64 Å². The molecule has 0 bridgehead atoms. The number of carbonyl (C=O) groups excluding carboxylic acids is 1. The Balaban J connectivity index is 1.98. The fourth-order valence-electron chi connectivity index (χ4n) is 2.96. The molecule has 0 aliphatic rings. The van der Waals surface area contributed by atoms with E-state index in [9.17, 15) is 13.2 Å². The lowest BCUT2D eigenvalue weighted by Gasteiger charge is -2.26. The van der Waals surface area contributed by atoms with Crippen LogP contribution in [0.25, 0.3) is 10.8 Å². The quantitative estimate of drug-likeness (QED) is 0.640. The molecule has 6 nitrogen and oxygen atoms in total. The molecule has 0 saturated heterocycles.